The Hall–Kier alpha value is -1.96. The van der Waals surface area contributed by atoms with E-state index in [1.807, 2.05) is 0 Å². The summed E-state index contributed by atoms with van der Waals surface area (Å²) in [5.74, 6) is -2.76. The van der Waals surface area contributed by atoms with Crippen molar-refractivity contribution in [1.29, 1.82) is 0 Å². The first-order valence-corrected chi connectivity index (χ1v) is 8.98. The average Bonchev–Trinajstić information content (AvgIpc) is 3.28. The van der Waals surface area contributed by atoms with Gasteiger partial charge >= 0.3 is 5.97 Å². The maximum atomic E-state index is 12.5. The first kappa shape index (κ1) is 16.5. The van der Waals surface area contributed by atoms with Gasteiger partial charge in [-0.25, -0.2) is 0 Å². The van der Waals surface area contributed by atoms with Crippen LogP contribution in [0.3, 0.4) is 0 Å². The number of fused-ring (bicyclic) bond motifs is 5. The summed E-state index contributed by atoms with van der Waals surface area (Å²) in [6, 6.07) is 0. The van der Waals surface area contributed by atoms with Crippen molar-refractivity contribution in [3.05, 3.63) is 0 Å². The molecule has 4 fully saturated rings. The molecular weight excluding hydrogens is 328 g/mol. The second-order valence-corrected chi connectivity index (χ2v) is 7.44. The van der Waals surface area contributed by atoms with Crippen LogP contribution in [0.5, 0.6) is 0 Å². The fraction of sp³-hybridized carbons (Fsp3) is 0.765. The third-order valence-corrected chi connectivity index (χ3v) is 6.05. The number of likely N-dealkylation sites (tertiary alicyclic amines) is 2. The fourth-order valence-electron chi connectivity index (χ4n) is 4.76. The number of carbonyl (C=O) groups is 4. The summed E-state index contributed by atoms with van der Waals surface area (Å²) >= 11 is 0. The Labute approximate surface area is 145 Å². The smallest absolute Gasteiger partial charge is 0.308 e. The zero-order valence-corrected chi connectivity index (χ0v) is 13.9. The quantitative estimate of drug-likeness (QED) is 0.708. The summed E-state index contributed by atoms with van der Waals surface area (Å²) in [7, 11) is 0. The number of piperidine rings is 1. The van der Waals surface area contributed by atoms with Crippen molar-refractivity contribution < 1.29 is 29.0 Å². The summed E-state index contributed by atoms with van der Waals surface area (Å²) in [6.07, 6.45) is 2.64. The van der Waals surface area contributed by atoms with Crippen molar-refractivity contribution in [3.8, 4) is 0 Å². The lowest BCUT2D eigenvalue weighted by molar-refractivity contribution is -0.145. The monoisotopic (exact) mass is 350 g/mol. The van der Waals surface area contributed by atoms with Crippen LogP contribution in [-0.4, -0.2) is 70.4 Å². The predicted octanol–water partition coefficient (Wildman–Crippen LogP) is -0.138. The van der Waals surface area contributed by atoms with Gasteiger partial charge in [0, 0.05) is 26.1 Å². The third kappa shape index (κ3) is 2.63. The summed E-state index contributed by atoms with van der Waals surface area (Å²) in [6.45, 7) is 0.824. The average molecular weight is 350 g/mol. The molecule has 4 rings (SSSR count). The van der Waals surface area contributed by atoms with Crippen molar-refractivity contribution in [3.63, 3.8) is 0 Å². The standard InChI is InChI=1S/C17H22N2O6/c20-12(18-6-1-2-9(8-18)17(23)24)5-7-19-15(21)13-10-3-4-11(25-10)14(13)16(19)22/h9-11,13-14H,1-8H2,(H,23,24). The van der Waals surface area contributed by atoms with E-state index in [0.29, 0.717) is 19.4 Å². The van der Waals surface area contributed by atoms with Gasteiger partial charge < -0.3 is 14.7 Å². The molecular formula is C17H22N2O6. The number of amides is 3. The van der Waals surface area contributed by atoms with Crippen LogP contribution < -0.4 is 0 Å². The molecule has 5 unspecified atom stereocenters. The molecule has 0 aromatic carbocycles. The molecule has 4 heterocycles. The Balaban J connectivity index is 1.35. The number of ether oxygens (including phenoxy) is 1. The highest BCUT2D eigenvalue weighted by Gasteiger charge is 2.62. The largest absolute Gasteiger partial charge is 0.481 e. The van der Waals surface area contributed by atoms with Crippen molar-refractivity contribution in [2.75, 3.05) is 19.6 Å². The van der Waals surface area contributed by atoms with Crippen molar-refractivity contribution in [2.45, 2.75) is 44.3 Å². The highest BCUT2D eigenvalue weighted by molar-refractivity contribution is 6.06. The van der Waals surface area contributed by atoms with Crippen LogP contribution in [0, 0.1) is 17.8 Å². The molecule has 136 valence electrons. The number of imide groups is 1. The molecule has 25 heavy (non-hydrogen) atoms. The number of rotatable bonds is 4. The maximum Gasteiger partial charge on any atom is 0.308 e. The number of carboxylic acid groups (broad SMARTS) is 1. The van der Waals surface area contributed by atoms with E-state index in [0.717, 1.165) is 12.8 Å². The Bertz CT molecular complexity index is 607. The van der Waals surface area contributed by atoms with Gasteiger partial charge in [-0.1, -0.05) is 0 Å². The molecule has 4 saturated heterocycles. The first-order chi connectivity index (χ1) is 12.0. The molecule has 1 N–H and O–H groups in total. The first-order valence-electron chi connectivity index (χ1n) is 8.98. The van der Waals surface area contributed by atoms with E-state index in [4.69, 9.17) is 9.84 Å². The van der Waals surface area contributed by atoms with E-state index in [2.05, 4.69) is 0 Å². The minimum atomic E-state index is -0.884. The summed E-state index contributed by atoms with van der Waals surface area (Å²) < 4.78 is 5.68. The van der Waals surface area contributed by atoms with E-state index >= 15 is 0 Å². The molecule has 8 nitrogen and oxygen atoms in total. The number of nitrogens with zero attached hydrogens (tertiary/aromatic N) is 2. The molecule has 0 saturated carbocycles. The number of aliphatic carboxylic acids is 1. The van der Waals surface area contributed by atoms with E-state index in [1.54, 1.807) is 4.90 Å². The Morgan fingerprint density at radius 2 is 1.72 bits per heavy atom. The second-order valence-electron chi connectivity index (χ2n) is 7.44. The SMILES string of the molecule is O=C(O)C1CCCN(C(=O)CCN2C(=O)C3C4CCC(O4)C3C2=O)C1. The van der Waals surface area contributed by atoms with Gasteiger partial charge in [-0.2, -0.15) is 0 Å². The van der Waals surface area contributed by atoms with Crippen molar-refractivity contribution in [2.24, 2.45) is 17.8 Å². The Kier molecular flexibility index (Phi) is 4.02. The molecule has 0 radical (unpaired) electrons. The molecule has 4 aliphatic rings. The van der Waals surface area contributed by atoms with Gasteiger partial charge in [0.25, 0.3) is 0 Å². The second kappa shape index (κ2) is 6.09. The van der Waals surface area contributed by atoms with Gasteiger partial charge in [0.05, 0.1) is 30.0 Å². The fourth-order valence-corrected chi connectivity index (χ4v) is 4.76. The minimum Gasteiger partial charge on any atom is -0.481 e. The number of carbonyl (C=O) groups excluding carboxylic acids is 3. The number of carboxylic acids is 1. The molecule has 0 spiro atoms. The van der Waals surface area contributed by atoms with E-state index < -0.39 is 11.9 Å². The molecule has 0 aromatic rings. The lowest BCUT2D eigenvalue weighted by Crippen LogP contribution is -2.44. The molecule has 8 heteroatoms. The highest BCUT2D eigenvalue weighted by Crippen LogP contribution is 2.48. The van der Waals surface area contributed by atoms with Crippen LogP contribution in [0.25, 0.3) is 0 Å². The van der Waals surface area contributed by atoms with Gasteiger partial charge in [0.1, 0.15) is 0 Å². The zero-order chi connectivity index (χ0) is 17.7. The van der Waals surface area contributed by atoms with Crippen LogP contribution in [0.2, 0.25) is 0 Å². The lowest BCUT2D eigenvalue weighted by atomic mass is 9.81. The van der Waals surface area contributed by atoms with Crippen molar-refractivity contribution >= 4 is 23.7 Å². The topological polar surface area (TPSA) is 104 Å². The number of hydrogen-bond acceptors (Lipinski definition) is 5. The van der Waals surface area contributed by atoms with Gasteiger partial charge in [-0.3, -0.25) is 24.1 Å². The molecule has 5 atom stereocenters. The molecule has 2 bridgehead atoms. The van der Waals surface area contributed by atoms with Crippen LogP contribution in [0.1, 0.15) is 32.1 Å². The molecule has 0 aromatic heterocycles. The Morgan fingerprint density at radius 3 is 2.32 bits per heavy atom. The van der Waals surface area contributed by atoms with Gasteiger partial charge in [-0.15, -0.1) is 0 Å². The van der Waals surface area contributed by atoms with Crippen LogP contribution in [0.4, 0.5) is 0 Å². The normalized spacial score (nSPS) is 36.9. The molecule has 4 aliphatic heterocycles. The predicted molar refractivity (Wildman–Crippen MR) is 83.2 cm³/mol. The van der Waals surface area contributed by atoms with Gasteiger partial charge in [-0.05, 0) is 25.7 Å². The molecule has 3 amide bonds. The van der Waals surface area contributed by atoms with E-state index in [1.165, 1.54) is 4.90 Å². The van der Waals surface area contributed by atoms with Crippen molar-refractivity contribution in [1.82, 2.24) is 9.80 Å². The Morgan fingerprint density at radius 1 is 1.08 bits per heavy atom. The van der Waals surface area contributed by atoms with Crippen LogP contribution in [-0.2, 0) is 23.9 Å². The van der Waals surface area contributed by atoms with Gasteiger partial charge in [0.2, 0.25) is 17.7 Å². The minimum absolute atomic E-state index is 0.0550. The van der Waals surface area contributed by atoms with Crippen LogP contribution in [0.15, 0.2) is 0 Å². The summed E-state index contributed by atoms with van der Waals surface area (Å²) in [5, 5.41) is 9.11. The summed E-state index contributed by atoms with van der Waals surface area (Å²) in [4.78, 5) is 51.3. The summed E-state index contributed by atoms with van der Waals surface area (Å²) in [5.41, 5.74) is 0. The lowest BCUT2D eigenvalue weighted by Gasteiger charge is -2.31. The van der Waals surface area contributed by atoms with Crippen LogP contribution >= 0.6 is 0 Å². The van der Waals surface area contributed by atoms with E-state index in [-0.39, 0.29) is 61.3 Å². The number of hydrogen-bond donors (Lipinski definition) is 1. The molecule has 0 aliphatic carbocycles. The van der Waals surface area contributed by atoms with E-state index in [9.17, 15) is 19.2 Å². The maximum absolute atomic E-state index is 12.5. The van der Waals surface area contributed by atoms with Gasteiger partial charge in [0.15, 0.2) is 0 Å². The zero-order valence-electron chi connectivity index (χ0n) is 13.9. The highest BCUT2D eigenvalue weighted by atomic mass is 16.5. The third-order valence-electron chi connectivity index (χ3n) is 6.05.